The van der Waals surface area contributed by atoms with Crippen molar-refractivity contribution in [2.45, 2.75) is 37.8 Å². The molecule has 2 aromatic carbocycles. The zero-order valence-corrected chi connectivity index (χ0v) is 17.2. The van der Waals surface area contributed by atoms with Gasteiger partial charge in [-0.2, -0.15) is 0 Å². The van der Waals surface area contributed by atoms with Gasteiger partial charge in [-0.1, -0.05) is 48.5 Å². The minimum Gasteiger partial charge on any atom is -0.480 e. The van der Waals surface area contributed by atoms with E-state index < -0.39 is 30.1 Å². The third-order valence-corrected chi connectivity index (χ3v) is 5.25. The maximum Gasteiger partial charge on any atom is 0.407 e. The van der Waals surface area contributed by atoms with Crippen LogP contribution in [0.4, 0.5) is 4.79 Å². The molecule has 1 aliphatic carbocycles. The summed E-state index contributed by atoms with van der Waals surface area (Å²) in [6.07, 6.45) is -0.846. The van der Waals surface area contributed by atoms with Gasteiger partial charge in [-0.05, 0) is 29.2 Å². The van der Waals surface area contributed by atoms with Crippen molar-refractivity contribution in [2.24, 2.45) is 0 Å². The summed E-state index contributed by atoms with van der Waals surface area (Å²) in [5.41, 5.74) is 4.47. The number of benzene rings is 2. The molecule has 2 amide bonds. The number of ether oxygens (including phenoxy) is 1. The molecule has 1 aliphatic rings. The van der Waals surface area contributed by atoms with E-state index in [1.807, 2.05) is 36.4 Å². The van der Waals surface area contributed by atoms with E-state index in [0.29, 0.717) is 0 Å². The SMILES string of the molecule is CC(CC(=O)N[C@@H](CCO)C(=O)O)NC(=O)OCC1c2ccccc2-c2ccccc21. The highest BCUT2D eigenvalue weighted by atomic mass is 16.5. The summed E-state index contributed by atoms with van der Waals surface area (Å²) in [6, 6.07) is 14.3. The van der Waals surface area contributed by atoms with Crippen molar-refractivity contribution in [3.8, 4) is 11.1 Å². The molecule has 4 N–H and O–H groups in total. The summed E-state index contributed by atoms with van der Waals surface area (Å²) in [4.78, 5) is 35.3. The van der Waals surface area contributed by atoms with Crippen molar-refractivity contribution < 1.29 is 29.3 Å². The fourth-order valence-corrected chi connectivity index (χ4v) is 3.81. The highest BCUT2D eigenvalue weighted by Crippen LogP contribution is 2.44. The number of carboxylic acids is 1. The molecule has 0 aromatic heterocycles. The zero-order chi connectivity index (χ0) is 22.4. The molecule has 0 aliphatic heterocycles. The van der Waals surface area contributed by atoms with E-state index in [9.17, 15) is 14.4 Å². The van der Waals surface area contributed by atoms with Crippen LogP contribution in [-0.2, 0) is 14.3 Å². The number of alkyl carbamates (subject to hydrolysis) is 1. The Labute approximate surface area is 180 Å². The predicted octanol–water partition coefficient (Wildman–Crippen LogP) is 2.26. The lowest BCUT2D eigenvalue weighted by molar-refractivity contribution is -0.142. The maximum atomic E-state index is 12.3. The van der Waals surface area contributed by atoms with Gasteiger partial charge in [0.05, 0.1) is 0 Å². The molecule has 164 valence electrons. The molecule has 0 bridgehead atoms. The number of hydrogen-bond donors (Lipinski definition) is 4. The van der Waals surface area contributed by atoms with Crippen molar-refractivity contribution in [1.29, 1.82) is 0 Å². The fraction of sp³-hybridized carbons (Fsp3) is 0.348. The monoisotopic (exact) mass is 426 g/mol. The maximum absolute atomic E-state index is 12.3. The lowest BCUT2D eigenvalue weighted by Crippen LogP contribution is -2.44. The molecular formula is C23H26N2O6. The van der Waals surface area contributed by atoms with E-state index >= 15 is 0 Å². The van der Waals surface area contributed by atoms with Gasteiger partial charge >= 0.3 is 12.1 Å². The summed E-state index contributed by atoms with van der Waals surface area (Å²) < 4.78 is 5.44. The van der Waals surface area contributed by atoms with Crippen LogP contribution in [0.3, 0.4) is 0 Å². The van der Waals surface area contributed by atoms with Crippen LogP contribution in [0.5, 0.6) is 0 Å². The number of hydrogen-bond acceptors (Lipinski definition) is 5. The summed E-state index contributed by atoms with van der Waals surface area (Å²) >= 11 is 0. The van der Waals surface area contributed by atoms with Gasteiger partial charge in [0.25, 0.3) is 0 Å². The van der Waals surface area contributed by atoms with Crippen molar-refractivity contribution >= 4 is 18.0 Å². The third-order valence-electron chi connectivity index (χ3n) is 5.25. The van der Waals surface area contributed by atoms with Gasteiger partial charge in [0, 0.05) is 31.4 Å². The molecule has 0 fully saturated rings. The average molecular weight is 426 g/mol. The van der Waals surface area contributed by atoms with E-state index in [4.69, 9.17) is 14.9 Å². The molecule has 0 saturated heterocycles. The Morgan fingerprint density at radius 1 is 1.00 bits per heavy atom. The normalized spacial score (nSPS) is 14.1. The number of aliphatic hydroxyl groups is 1. The molecule has 0 saturated carbocycles. The summed E-state index contributed by atoms with van der Waals surface area (Å²) in [7, 11) is 0. The Kier molecular flexibility index (Phi) is 7.25. The largest absolute Gasteiger partial charge is 0.480 e. The van der Waals surface area contributed by atoms with Crippen LogP contribution in [0, 0.1) is 0 Å². The number of carboxylic acid groups (broad SMARTS) is 1. The first-order valence-corrected chi connectivity index (χ1v) is 10.1. The van der Waals surface area contributed by atoms with Crippen molar-refractivity contribution in [3.63, 3.8) is 0 Å². The lowest BCUT2D eigenvalue weighted by Gasteiger charge is -2.18. The second-order valence-corrected chi connectivity index (χ2v) is 7.55. The minimum absolute atomic E-state index is 0.0634. The van der Waals surface area contributed by atoms with E-state index in [0.717, 1.165) is 22.3 Å². The smallest absolute Gasteiger partial charge is 0.407 e. The van der Waals surface area contributed by atoms with E-state index in [1.54, 1.807) is 6.92 Å². The number of nitrogens with one attached hydrogen (secondary N) is 2. The second kappa shape index (κ2) is 10.1. The molecule has 3 rings (SSSR count). The molecule has 2 aromatic rings. The van der Waals surface area contributed by atoms with Crippen LogP contribution in [0.15, 0.2) is 48.5 Å². The number of carbonyl (C=O) groups is 3. The van der Waals surface area contributed by atoms with Crippen LogP contribution < -0.4 is 10.6 Å². The lowest BCUT2D eigenvalue weighted by atomic mass is 9.98. The van der Waals surface area contributed by atoms with Crippen molar-refractivity contribution in [3.05, 3.63) is 59.7 Å². The van der Waals surface area contributed by atoms with Crippen LogP contribution in [0.2, 0.25) is 0 Å². The first kappa shape index (κ1) is 22.3. The van der Waals surface area contributed by atoms with Gasteiger partial charge in [-0.15, -0.1) is 0 Å². The molecule has 1 unspecified atom stereocenters. The number of aliphatic carboxylic acids is 1. The van der Waals surface area contributed by atoms with Crippen LogP contribution in [0.1, 0.15) is 36.8 Å². The van der Waals surface area contributed by atoms with Gasteiger partial charge in [0.1, 0.15) is 12.6 Å². The van der Waals surface area contributed by atoms with Crippen molar-refractivity contribution in [1.82, 2.24) is 10.6 Å². The van der Waals surface area contributed by atoms with Crippen LogP contribution in [-0.4, -0.2) is 53.5 Å². The Balaban J connectivity index is 1.52. The number of amides is 2. The molecule has 31 heavy (non-hydrogen) atoms. The van der Waals surface area contributed by atoms with E-state index in [2.05, 4.69) is 22.8 Å². The molecule has 8 heteroatoms. The zero-order valence-electron chi connectivity index (χ0n) is 17.2. The Morgan fingerprint density at radius 2 is 1.58 bits per heavy atom. The third kappa shape index (κ3) is 5.40. The summed E-state index contributed by atoms with van der Waals surface area (Å²) in [6.45, 7) is 1.43. The van der Waals surface area contributed by atoms with Gasteiger partial charge < -0.3 is 25.6 Å². The van der Waals surface area contributed by atoms with E-state index in [-0.39, 0.29) is 32.0 Å². The van der Waals surface area contributed by atoms with Crippen molar-refractivity contribution in [2.75, 3.05) is 13.2 Å². The molecule has 8 nitrogen and oxygen atoms in total. The first-order chi connectivity index (χ1) is 14.9. The Hall–Kier alpha value is -3.39. The molecular weight excluding hydrogens is 400 g/mol. The first-order valence-electron chi connectivity index (χ1n) is 10.1. The number of fused-ring (bicyclic) bond motifs is 3. The van der Waals surface area contributed by atoms with Crippen LogP contribution >= 0.6 is 0 Å². The van der Waals surface area contributed by atoms with E-state index in [1.165, 1.54) is 0 Å². The quantitative estimate of drug-likeness (QED) is 0.487. The second-order valence-electron chi connectivity index (χ2n) is 7.55. The number of rotatable bonds is 9. The minimum atomic E-state index is -1.22. The highest BCUT2D eigenvalue weighted by Gasteiger charge is 2.29. The van der Waals surface area contributed by atoms with Gasteiger partial charge in [0.2, 0.25) is 5.91 Å². The standard InChI is InChI=1S/C23H26N2O6/c1-14(12-21(27)25-20(10-11-26)22(28)29)24-23(30)31-13-19-17-8-4-2-6-15(17)16-7-3-5-9-18(16)19/h2-9,14,19-20,26H,10-13H2,1H3,(H,24,30)(H,25,27)(H,28,29)/t14?,20-/m0/s1. The number of aliphatic hydroxyl groups excluding tert-OH is 1. The predicted molar refractivity (Wildman–Crippen MR) is 114 cm³/mol. The molecule has 0 spiro atoms. The van der Waals surface area contributed by atoms with Gasteiger partial charge in [0.15, 0.2) is 0 Å². The molecule has 0 radical (unpaired) electrons. The summed E-state index contributed by atoms with van der Waals surface area (Å²) in [5, 5.41) is 22.8. The Morgan fingerprint density at radius 3 is 2.13 bits per heavy atom. The van der Waals surface area contributed by atoms with Crippen LogP contribution in [0.25, 0.3) is 11.1 Å². The Bertz CT molecular complexity index is 915. The average Bonchev–Trinajstić information content (AvgIpc) is 3.05. The van der Waals surface area contributed by atoms with Gasteiger partial charge in [-0.25, -0.2) is 9.59 Å². The molecule has 0 heterocycles. The topological polar surface area (TPSA) is 125 Å². The highest BCUT2D eigenvalue weighted by molar-refractivity contribution is 5.84. The summed E-state index contributed by atoms with van der Waals surface area (Å²) in [5.74, 6) is -1.82. The van der Waals surface area contributed by atoms with Gasteiger partial charge in [-0.3, -0.25) is 4.79 Å². The number of carbonyl (C=O) groups excluding carboxylic acids is 2. The fourth-order valence-electron chi connectivity index (χ4n) is 3.81. The molecule has 2 atom stereocenters.